The van der Waals surface area contributed by atoms with Crippen molar-refractivity contribution < 1.29 is 19.5 Å². The van der Waals surface area contributed by atoms with Crippen LogP contribution in [0.5, 0.6) is 0 Å². The lowest BCUT2D eigenvalue weighted by molar-refractivity contribution is -0.142. The lowest BCUT2D eigenvalue weighted by atomic mass is 9.95. The van der Waals surface area contributed by atoms with Crippen LogP contribution < -0.4 is 21.7 Å². The van der Waals surface area contributed by atoms with E-state index in [0.29, 0.717) is 12.8 Å². The van der Waals surface area contributed by atoms with Crippen molar-refractivity contribution in [3.63, 3.8) is 0 Å². The zero-order chi connectivity index (χ0) is 15.0. The number of urea groups is 2. The van der Waals surface area contributed by atoms with Gasteiger partial charge in [0.2, 0.25) is 0 Å². The Balaban J connectivity index is 2.37. The van der Waals surface area contributed by atoms with Crippen LogP contribution in [0.25, 0.3) is 0 Å². The third-order valence-electron chi connectivity index (χ3n) is 3.36. The van der Waals surface area contributed by atoms with Gasteiger partial charge in [-0.3, -0.25) is 4.79 Å². The fraction of sp³-hybridized carbons (Fsp3) is 0.750. The number of hydrogen-bond donors (Lipinski definition) is 5. The number of rotatable bonds is 5. The molecule has 0 heterocycles. The molecule has 1 aliphatic rings. The van der Waals surface area contributed by atoms with Gasteiger partial charge in [0, 0.05) is 19.1 Å². The van der Waals surface area contributed by atoms with E-state index >= 15 is 0 Å². The number of aliphatic carboxylic acids is 1. The molecule has 1 fully saturated rings. The molecule has 0 spiro atoms. The summed E-state index contributed by atoms with van der Waals surface area (Å²) >= 11 is 0. The fourth-order valence-corrected chi connectivity index (χ4v) is 2.36. The van der Waals surface area contributed by atoms with E-state index in [9.17, 15) is 19.5 Å². The molecule has 20 heavy (non-hydrogen) atoms. The molecule has 0 radical (unpaired) electrons. The van der Waals surface area contributed by atoms with Gasteiger partial charge < -0.3 is 26.8 Å². The quantitative estimate of drug-likeness (QED) is 0.359. The van der Waals surface area contributed by atoms with Gasteiger partial charge in [-0.05, 0) is 12.8 Å². The second-order valence-electron chi connectivity index (χ2n) is 4.88. The van der Waals surface area contributed by atoms with Crippen molar-refractivity contribution in [2.24, 2.45) is 11.7 Å². The molecule has 0 aromatic heterocycles. The molecule has 8 nitrogen and oxygen atoms in total. The van der Waals surface area contributed by atoms with Gasteiger partial charge in [-0.15, -0.1) is 0 Å². The van der Waals surface area contributed by atoms with Crippen LogP contribution in [0.15, 0.2) is 0 Å². The first kappa shape index (κ1) is 16.1. The average Bonchev–Trinajstić information content (AvgIpc) is 2.60. The minimum Gasteiger partial charge on any atom is -0.481 e. The molecule has 0 aromatic carbocycles. The van der Waals surface area contributed by atoms with Gasteiger partial charge in [0.05, 0.1) is 5.92 Å². The van der Waals surface area contributed by atoms with Crippen molar-refractivity contribution in [2.75, 3.05) is 13.1 Å². The predicted octanol–water partition coefficient (Wildman–Crippen LogP) is -0.0126. The Labute approximate surface area is 117 Å². The number of amides is 4. The Bertz CT molecular complexity index is 361. The van der Waals surface area contributed by atoms with E-state index in [1.165, 1.54) is 0 Å². The number of nitrogens with one attached hydrogen (secondary N) is 3. The second-order valence-corrected chi connectivity index (χ2v) is 4.88. The third kappa shape index (κ3) is 5.77. The van der Waals surface area contributed by atoms with Gasteiger partial charge in [0.1, 0.15) is 0 Å². The van der Waals surface area contributed by atoms with Crippen molar-refractivity contribution in [3.8, 4) is 0 Å². The smallest absolute Gasteiger partial charge is 0.315 e. The van der Waals surface area contributed by atoms with Gasteiger partial charge in [-0.1, -0.05) is 19.3 Å². The van der Waals surface area contributed by atoms with Crippen molar-refractivity contribution in [1.29, 1.82) is 0 Å². The highest BCUT2D eigenvalue weighted by atomic mass is 16.4. The van der Waals surface area contributed by atoms with Crippen LogP contribution in [-0.4, -0.2) is 42.3 Å². The maximum absolute atomic E-state index is 11.7. The molecule has 1 rings (SSSR count). The molecular formula is C12H22N4O4. The SMILES string of the molecule is NC(=O)NCCNC(=O)NC1CCCCCC1C(=O)O. The molecule has 0 saturated heterocycles. The van der Waals surface area contributed by atoms with Crippen LogP contribution in [0, 0.1) is 5.92 Å². The van der Waals surface area contributed by atoms with Crippen LogP contribution in [0.2, 0.25) is 0 Å². The van der Waals surface area contributed by atoms with Gasteiger partial charge in [0.25, 0.3) is 0 Å². The van der Waals surface area contributed by atoms with Crippen molar-refractivity contribution in [3.05, 3.63) is 0 Å². The summed E-state index contributed by atoms with van der Waals surface area (Å²) in [6.45, 7) is 0.467. The molecule has 2 unspecified atom stereocenters. The molecule has 1 aliphatic carbocycles. The van der Waals surface area contributed by atoms with Gasteiger partial charge >= 0.3 is 18.0 Å². The van der Waals surface area contributed by atoms with E-state index in [2.05, 4.69) is 16.0 Å². The Morgan fingerprint density at radius 1 is 1.05 bits per heavy atom. The highest BCUT2D eigenvalue weighted by molar-refractivity contribution is 5.77. The van der Waals surface area contributed by atoms with Gasteiger partial charge in [-0.2, -0.15) is 0 Å². The lowest BCUT2D eigenvalue weighted by Crippen LogP contribution is -2.48. The molecule has 4 amide bonds. The van der Waals surface area contributed by atoms with E-state index in [1.807, 2.05) is 0 Å². The Kier molecular flexibility index (Phi) is 6.61. The number of carbonyl (C=O) groups excluding carboxylic acids is 2. The van der Waals surface area contributed by atoms with Crippen molar-refractivity contribution in [2.45, 2.75) is 38.1 Å². The zero-order valence-electron chi connectivity index (χ0n) is 11.4. The maximum Gasteiger partial charge on any atom is 0.315 e. The Hall–Kier alpha value is -1.99. The summed E-state index contributed by atoms with van der Waals surface area (Å²) in [6.07, 6.45) is 4.04. The molecule has 8 heteroatoms. The number of carbonyl (C=O) groups is 3. The van der Waals surface area contributed by atoms with E-state index in [1.54, 1.807) is 0 Å². The maximum atomic E-state index is 11.7. The third-order valence-corrected chi connectivity index (χ3v) is 3.36. The van der Waals surface area contributed by atoms with E-state index in [0.717, 1.165) is 19.3 Å². The van der Waals surface area contributed by atoms with Crippen LogP contribution in [0.4, 0.5) is 9.59 Å². The van der Waals surface area contributed by atoms with Crippen molar-refractivity contribution >= 4 is 18.0 Å². The number of carboxylic acids is 1. The normalized spacial score (nSPS) is 22.4. The van der Waals surface area contributed by atoms with E-state index in [-0.39, 0.29) is 19.1 Å². The summed E-state index contributed by atoms with van der Waals surface area (Å²) in [6, 6.07) is -1.42. The van der Waals surface area contributed by atoms with Crippen LogP contribution in [0.3, 0.4) is 0 Å². The molecule has 2 atom stereocenters. The number of carboxylic acid groups (broad SMARTS) is 1. The van der Waals surface area contributed by atoms with E-state index in [4.69, 9.17) is 5.73 Å². The van der Waals surface area contributed by atoms with E-state index < -0.39 is 23.9 Å². The monoisotopic (exact) mass is 286 g/mol. The lowest BCUT2D eigenvalue weighted by Gasteiger charge is -2.23. The molecular weight excluding hydrogens is 264 g/mol. The Morgan fingerprint density at radius 2 is 1.70 bits per heavy atom. The van der Waals surface area contributed by atoms with Gasteiger partial charge in [-0.25, -0.2) is 9.59 Å². The zero-order valence-corrected chi connectivity index (χ0v) is 11.4. The minimum atomic E-state index is -0.868. The summed E-state index contributed by atoms with van der Waals surface area (Å²) in [4.78, 5) is 33.3. The average molecular weight is 286 g/mol. The highest BCUT2D eigenvalue weighted by Crippen LogP contribution is 2.23. The summed E-state index contributed by atoms with van der Waals surface area (Å²) in [5, 5.41) is 16.8. The van der Waals surface area contributed by atoms with Crippen LogP contribution in [-0.2, 0) is 4.79 Å². The Morgan fingerprint density at radius 3 is 2.35 bits per heavy atom. The molecule has 0 aromatic rings. The molecule has 6 N–H and O–H groups in total. The van der Waals surface area contributed by atoms with Crippen LogP contribution >= 0.6 is 0 Å². The first-order valence-electron chi connectivity index (χ1n) is 6.81. The highest BCUT2D eigenvalue weighted by Gasteiger charge is 2.30. The summed E-state index contributed by atoms with van der Waals surface area (Å²) in [5.41, 5.74) is 4.88. The molecule has 1 saturated carbocycles. The second kappa shape index (κ2) is 8.23. The van der Waals surface area contributed by atoms with Gasteiger partial charge in [0.15, 0.2) is 0 Å². The predicted molar refractivity (Wildman–Crippen MR) is 72.1 cm³/mol. The summed E-state index contributed by atoms with van der Waals surface area (Å²) in [7, 11) is 0. The summed E-state index contributed by atoms with van der Waals surface area (Å²) < 4.78 is 0. The van der Waals surface area contributed by atoms with Crippen molar-refractivity contribution in [1.82, 2.24) is 16.0 Å². The first-order valence-corrected chi connectivity index (χ1v) is 6.81. The number of hydrogen-bond acceptors (Lipinski definition) is 3. The molecule has 0 bridgehead atoms. The molecule has 0 aliphatic heterocycles. The standard InChI is InChI=1S/C12H22N4O4/c13-11(19)14-6-7-15-12(20)16-9-5-3-1-2-4-8(9)10(17)18/h8-9H,1-7H2,(H,17,18)(H3,13,14,19)(H2,15,16,20). The molecule has 114 valence electrons. The summed E-state index contributed by atoms with van der Waals surface area (Å²) in [5.74, 6) is -1.40. The number of primary amides is 1. The fourth-order valence-electron chi connectivity index (χ4n) is 2.36. The first-order chi connectivity index (χ1) is 9.50. The largest absolute Gasteiger partial charge is 0.481 e. The topological polar surface area (TPSA) is 134 Å². The minimum absolute atomic E-state index is 0.232. The van der Waals surface area contributed by atoms with Crippen LogP contribution in [0.1, 0.15) is 32.1 Å². The number of nitrogens with two attached hydrogens (primary N) is 1.